The van der Waals surface area contributed by atoms with E-state index in [4.69, 9.17) is 0 Å². The molecule has 0 bridgehead atoms. The molecule has 0 radical (unpaired) electrons. The van der Waals surface area contributed by atoms with E-state index in [0.717, 1.165) is 6.42 Å². The molecule has 1 rings (SSSR count). The predicted octanol–water partition coefficient (Wildman–Crippen LogP) is 0.0516. The van der Waals surface area contributed by atoms with Gasteiger partial charge in [-0.25, -0.2) is 12.7 Å². The normalized spacial score (nSPS) is 24.3. The Morgan fingerprint density at radius 2 is 2.15 bits per heavy atom. The number of rotatable bonds is 3. The highest BCUT2D eigenvalue weighted by Crippen LogP contribution is 2.13. The molecule has 6 heteroatoms. The Kier molecular flexibility index (Phi) is 5.21. The molecule has 1 fully saturated rings. The minimum Gasteiger partial charge on any atom is -0.316 e. The van der Waals surface area contributed by atoms with Gasteiger partial charge in [0.15, 0.2) is 0 Å². The first-order chi connectivity index (χ1) is 5.60. The predicted molar refractivity (Wildman–Crippen MR) is 55.7 cm³/mol. The van der Waals surface area contributed by atoms with E-state index < -0.39 is 10.0 Å². The SMILES string of the molecule is CCS(=O)(=O)N1CC[C@H](NC)C1.Cl. The van der Waals surface area contributed by atoms with E-state index in [0.29, 0.717) is 19.1 Å². The summed E-state index contributed by atoms with van der Waals surface area (Å²) < 4.78 is 24.3. The number of nitrogens with one attached hydrogen (secondary N) is 1. The van der Waals surface area contributed by atoms with Crippen molar-refractivity contribution >= 4 is 22.4 Å². The van der Waals surface area contributed by atoms with Crippen LogP contribution in [0.15, 0.2) is 0 Å². The van der Waals surface area contributed by atoms with Crippen molar-refractivity contribution < 1.29 is 8.42 Å². The van der Waals surface area contributed by atoms with Crippen LogP contribution in [0.4, 0.5) is 0 Å². The van der Waals surface area contributed by atoms with Crippen LogP contribution in [0.5, 0.6) is 0 Å². The Hall–Kier alpha value is 0.160. The van der Waals surface area contributed by atoms with Crippen molar-refractivity contribution in [3.8, 4) is 0 Å². The molecule has 0 aromatic rings. The maximum atomic E-state index is 11.4. The molecule has 0 aromatic heterocycles. The average molecular weight is 229 g/mol. The number of likely N-dealkylation sites (N-methyl/N-ethyl adjacent to an activating group) is 1. The van der Waals surface area contributed by atoms with E-state index in [9.17, 15) is 8.42 Å². The second kappa shape index (κ2) is 5.14. The summed E-state index contributed by atoms with van der Waals surface area (Å²) in [6, 6.07) is 0.339. The Labute approximate surface area is 86.1 Å². The second-order valence-electron chi connectivity index (χ2n) is 3.03. The molecular formula is C7H17ClN2O2S. The highest BCUT2D eigenvalue weighted by atomic mass is 35.5. The molecule has 1 atom stereocenters. The third-order valence-corrected chi connectivity index (χ3v) is 4.17. The Morgan fingerprint density at radius 3 is 2.54 bits per heavy atom. The first-order valence-corrected chi connectivity index (χ1v) is 5.86. The highest BCUT2D eigenvalue weighted by molar-refractivity contribution is 7.89. The van der Waals surface area contributed by atoms with Crippen molar-refractivity contribution in [2.24, 2.45) is 0 Å². The van der Waals surface area contributed by atoms with Crippen LogP contribution in [-0.4, -0.2) is 44.7 Å². The van der Waals surface area contributed by atoms with E-state index in [1.165, 1.54) is 0 Å². The van der Waals surface area contributed by atoms with E-state index >= 15 is 0 Å². The van der Waals surface area contributed by atoms with Crippen molar-refractivity contribution in [1.29, 1.82) is 0 Å². The summed E-state index contributed by atoms with van der Waals surface area (Å²) in [5, 5.41) is 3.08. The molecule has 80 valence electrons. The fourth-order valence-electron chi connectivity index (χ4n) is 1.40. The first kappa shape index (κ1) is 13.2. The van der Waals surface area contributed by atoms with E-state index in [1.54, 1.807) is 11.2 Å². The lowest BCUT2D eigenvalue weighted by Crippen LogP contribution is -2.34. The lowest BCUT2D eigenvalue weighted by Gasteiger charge is -2.14. The molecular weight excluding hydrogens is 212 g/mol. The monoisotopic (exact) mass is 228 g/mol. The van der Waals surface area contributed by atoms with Gasteiger partial charge in [0.05, 0.1) is 5.75 Å². The summed E-state index contributed by atoms with van der Waals surface area (Å²) in [6.07, 6.45) is 0.926. The van der Waals surface area contributed by atoms with Crippen LogP contribution < -0.4 is 5.32 Å². The number of nitrogens with zero attached hydrogens (tertiary/aromatic N) is 1. The zero-order chi connectivity index (χ0) is 9.19. The summed E-state index contributed by atoms with van der Waals surface area (Å²) in [6.45, 7) is 2.98. The van der Waals surface area contributed by atoms with Gasteiger partial charge >= 0.3 is 0 Å². The molecule has 4 nitrogen and oxygen atoms in total. The topological polar surface area (TPSA) is 49.4 Å². The van der Waals surface area contributed by atoms with Crippen molar-refractivity contribution in [2.45, 2.75) is 19.4 Å². The molecule has 1 aliphatic rings. The number of hydrogen-bond acceptors (Lipinski definition) is 3. The van der Waals surface area contributed by atoms with Crippen molar-refractivity contribution in [2.75, 3.05) is 25.9 Å². The van der Waals surface area contributed by atoms with E-state index in [-0.39, 0.29) is 18.2 Å². The standard InChI is InChI=1S/C7H16N2O2S.ClH/c1-3-12(10,11)9-5-4-7(6-9)8-2;/h7-8H,3-6H2,1-2H3;1H/t7-;/m0./s1. The molecule has 0 aromatic carbocycles. The van der Waals surface area contributed by atoms with Crippen molar-refractivity contribution in [3.63, 3.8) is 0 Å². The van der Waals surface area contributed by atoms with E-state index in [2.05, 4.69) is 5.32 Å². The third-order valence-electron chi connectivity index (χ3n) is 2.32. The van der Waals surface area contributed by atoms with Gasteiger partial charge in [0, 0.05) is 19.1 Å². The smallest absolute Gasteiger partial charge is 0.213 e. The van der Waals surface area contributed by atoms with E-state index in [1.807, 2.05) is 7.05 Å². The maximum absolute atomic E-state index is 11.4. The molecule has 0 saturated carbocycles. The summed E-state index contributed by atoms with van der Waals surface area (Å²) in [5.74, 6) is 0.212. The zero-order valence-electron chi connectivity index (χ0n) is 7.99. The molecule has 1 N–H and O–H groups in total. The van der Waals surface area contributed by atoms with Crippen molar-refractivity contribution in [1.82, 2.24) is 9.62 Å². The van der Waals surface area contributed by atoms with Gasteiger partial charge in [-0.2, -0.15) is 0 Å². The summed E-state index contributed by atoms with van der Waals surface area (Å²) in [4.78, 5) is 0. The van der Waals surface area contributed by atoms with Crippen molar-refractivity contribution in [3.05, 3.63) is 0 Å². The lowest BCUT2D eigenvalue weighted by molar-refractivity contribution is 0.465. The number of halogens is 1. The molecule has 1 heterocycles. The van der Waals surface area contributed by atoms with Crippen LogP contribution in [0.1, 0.15) is 13.3 Å². The van der Waals surface area contributed by atoms with Gasteiger partial charge in [-0.3, -0.25) is 0 Å². The fraction of sp³-hybridized carbons (Fsp3) is 1.00. The minimum absolute atomic E-state index is 0. The quantitative estimate of drug-likeness (QED) is 0.743. The van der Waals surface area contributed by atoms with Gasteiger partial charge in [0.2, 0.25) is 10.0 Å². The number of hydrogen-bond donors (Lipinski definition) is 1. The molecule has 1 aliphatic heterocycles. The van der Waals surface area contributed by atoms with Crippen LogP contribution in [0.25, 0.3) is 0 Å². The van der Waals surface area contributed by atoms with Gasteiger partial charge < -0.3 is 5.32 Å². The Morgan fingerprint density at radius 1 is 1.54 bits per heavy atom. The van der Waals surface area contributed by atoms with Gasteiger partial charge in [-0.05, 0) is 20.4 Å². The van der Waals surface area contributed by atoms with Crippen LogP contribution in [0.2, 0.25) is 0 Å². The van der Waals surface area contributed by atoms with Gasteiger partial charge in [-0.15, -0.1) is 12.4 Å². The first-order valence-electron chi connectivity index (χ1n) is 4.25. The molecule has 0 aliphatic carbocycles. The summed E-state index contributed by atoms with van der Waals surface area (Å²) >= 11 is 0. The van der Waals surface area contributed by atoms with Gasteiger partial charge in [-0.1, -0.05) is 0 Å². The summed E-state index contributed by atoms with van der Waals surface area (Å²) in [5.41, 5.74) is 0. The zero-order valence-corrected chi connectivity index (χ0v) is 9.62. The largest absolute Gasteiger partial charge is 0.316 e. The molecule has 0 unspecified atom stereocenters. The van der Waals surface area contributed by atoms with Crippen LogP contribution in [-0.2, 0) is 10.0 Å². The Balaban J connectivity index is 0.00000144. The average Bonchev–Trinajstić information content (AvgIpc) is 2.52. The molecule has 13 heavy (non-hydrogen) atoms. The lowest BCUT2D eigenvalue weighted by atomic mass is 10.3. The summed E-state index contributed by atoms with van der Waals surface area (Å²) in [7, 11) is -1.08. The second-order valence-corrected chi connectivity index (χ2v) is 5.29. The van der Waals surface area contributed by atoms with Crippen LogP contribution in [0.3, 0.4) is 0 Å². The van der Waals surface area contributed by atoms with Gasteiger partial charge in [0.25, 0.3) is 0 Å². The molecule has 0 amide bonds. The Bertz CT molecular complexity index is 243. The fourth-order valence-corrected chi connectivity index (χ4v) is 2.55. The molecule has 0 spiro atoms. The highest BCUT2D eigenvalue weighted by Gasteiger charge is 2.28. The minimum atomic E-state index is -2.95. The third kappa shape index (κ3) is 3.09. The van der Waals surface area contributed by atoms with Crippen LogP contribution >= 0.6 is 12.4 Å². The van der Waals surface area contributed by atoms with Gasteiger partial charge in [0.1, 0.15) is 0 Å². The number of sulfonamides is 1. The molecule has 1 saturated heterocycles. The maximum Gasteiger partial charge on any atom is 0.213 e. The van der Waals surface area contributed by atoms with Crippen LogP contribution in [0, 0.1) is 0 Å².